The summed E-state index contributed by atoms with van der Waals surface area (Å²) >= 11 is 5.97. The van der Waals surface area contributed by atoms with Crippen molar-refractivity contribution in [2.75, 3.05) is 5.32 Å². The van der Waals surface area contributed by atoms with E-state index in [2.05, 4.69) is 20.9 Å². The maximum atomic E-state index is 12.3. The lowest BCUT2D eigenvalue weighted by Gasteiger charge is -2.12. The number of hydrogen-bond donors (Lipinski definition) is 3. The molecular formula is C17H15ClF3N3O2. The molecule has 0 radical (unpaired) electrons. The predicted octanol–water partition coefficient (Wildman–Crippen LogP) is 3.78. The molecule has 0 bridgehead atoms. The number of nitrogens with one attached hydrogen (secondary N) is 3. The Morgan fingerprint density at radius 3 is 2.54 bits per heavy atom. The van der Waals surface area contributed by atoms with Gasteiger partial charge in [0, 0.05) is 16.8 Å². The zero-order chi connectivity index (χ0) is 18.7. The smallest absolute Gasteiger partial charge is 0.406 e. The molecule has 1 heterocycles. The van der Waals surface area contributed by atoms with Crippen LogP contribution in [0.5, 0.6) is 5.75 Å². The third-order valence-electron chi connectivity index (χ3n) is 3.83. The van der Waals surface area contributed by atoms with Gasteiger partial charge in [-0.15, -0.1) is 13.2 Å². The summed E-state index contributed by atoms with van der Waals surface area (Å²) in [4.78, 5) is 12.3. The highest BCUT2D eigenvalue weighted by atomic mass is 35.5. The minimum atomic E-state index is -4.75. The molecule has 2 unspecified atom stereocenters. The van der Waals surface area contributed by atoms with E-state index in [-0.39, 0.29) is 17.7 Å². The first-order valence-electron chi connectivity index (χ1n) is 7.73. The van der Waals surface area contributed by atoms with Crippen LogP contribution in [0.1, 0.15) is 18.0 Å². The van der Waals surface area contributed by atoms with Crippen molar-refractivity contribution in [1.82, 2.24) is 10.9 Å². The van der Waals surface area contributed by atoms with Gasteiger partial charge < -0.3 is 10.1 Å². The lowest BCUT2D eigenvalue weighted by Crippen LogP contribution is -2.39. The van der Waals surface area contributed by atoms with Crippen molar-refractivity contribution < 1.29 is 22.7 Å². The first-order valence-corrected chi connectivity index (χ1v) is 8.11. The van der Waals surface area contributed by atoms with Crippen LogP contribution in [-0.2, 0) is 4.79 Å². The zero-order valence-electron chi connectivity index (χ0n) is 13.3. The molecule has 9 heteroatoms. The summed E-state index contributed by atoms with van der Waals surface area (Å²) in [6.07, 6.45) is -4.25. The topological polar surface area (TPSA) is 62.4 Å². The van der Waals surface area contributed by atoms with Gasteiger partial charge in [0.2, 0.25) is 5.91 Å². The molecule has 0 aromatic heterocycles. The van der Waals surface area contributed by atoms with Gasteiger partial charge in [-0.05, 0) is 48.4 Å². The van der Waals surface area contributed by atoms with Gasteiger partial charge in [0.1, 0.15) is 11.8 Å². The van der Waals surface area contributed by atoms with E-state index in [1.165, 1.54) is 12.1 Å². The van der Waals surface area contributed by atoms with Crippen LogP contribution >= 0.6 is 11.6 Å². The molecule has 2 atom stereocenters. The van der Waals surface area contributed by atoms with E-state index in [1.807, 2.05) is 18.2 Å². The molecule has 0 spiro atoms. The van der Waals surface area contributed by atoms with Crippen molar-refractivity contribution in [1.29, 1.82) is 0 Å². The molecule has 2 aromatic carbocycles. The van der Waals surface area contributed by atoms with Crippen LogP contribution in [0.3, 0.4) is 0 Å². The van der Waals surface area contributed by atoms with Gasteiger partial charge in [-0.1, -0.05) is 23.7 Å². The molecule has 0 aliphatic carbocycles. The van der Waals surface area contributed by atoms with Gasteiger partial charge in [0.25, 0.3) is 0 Å². The fourth-order valence-corrected chi connectivity index (χ4v) is 2.84. The highest BCUT2D eigenvalue weighted by molar-refractivity contribution is 6.30. The average molecular weight is 386 g/mol. The Bertz CT molecular complexity index is 784. The highest BCUT2D eigenvalue weighted by Crippen LogP contribution is 2.26. The van der Waals surface area contributed by atoms with Crippen molar-refractivity contribution in [3.63, 3.8) is 0 Å². The van der Waals surface area contributed by atoms with Gasteiger partial charge >= 0.3 is 6.36 Å². The van der Waals surface area contributed by atoms with Crippen molar-refractivity contribution in [3.05, 3.63) is 59.1 Å². The monoisotopic (exact) mass is 385 g/mol. The van der Waals surface area contributed by atoms with Crippen molar-refractivity contribution in [2.45, 2.75) is 24.9 Å². The van der Waals surface area contributed by atoms with E-state index in [0.29, 0.717) is 17.1 Å². The fraction of sp³-hybridized carbons (Fsp3) is 0.235. The Balaban J connectivity index is 1.57. The van der Waals surface area contributed by atoms with E-state index in [1.54, 1.807) is 6.07 Å². The van der Waals surface area contributed by atoms with Gasteiger partial charge in [0.05, 0.1) is 0 Å². The number of benzene rings is 2. The Hall–Kier alpha value is -2.29. The zero-order valence-corrected chi connectivity index (χ0v) is 14.1. The number of halogens is 4. The largest absolute Gasteiger partial charge is 0.573 e. The number of carbonyl (C=O) groups is 1. The Morgan fingerprint density at radius 1 is 1.15 bits per heavy atom. The number of rotatable bonds is 4. The number of anilines is 1. The molecule has 2 aromatic rings. The van der Waals surface area contributed by atoms with Crippen LogP contribution in [0.4, 0.5) is 18.9 Å². The molecule has 0 saturated carbocycles. The van der Waals surface area contributed by atoms with Crippen molar-refractivity contribution in [2.24, 2.45) is 0 Å². The van der Waals surface area contributed by atoms with E-state index >= 15 is 0 Å². The number of alkyl halides is 3. The van der Waals surface area contributed by atoms with Crippen LogP contribution in [0.15, 0.2) is 48.5 Å². The van der Waals surface area contributed by atoms with Gasteiger partial charge in [-0.25, -0.2) is 10.9 Å². The lowest BCUT2D eigenvalue weighted by molar-refractivity contribution is -0.274. The molecule has 1 aliphatic heterocycles. The molecule has 26 heavy (non-hydrogen) atoms. The summed E-state index contributed by atoms with van der Waals surface area (Å²) in [5, 5.41) is 3.26. The minimum absolute atomic E-state index is 0.0768. The second-order valence-electron chi connectivity index (χ2n) is 5.75. The number of hydrogen-bond acceptors (Lipinski definition) is 4. The van der Waals surface area contributed by atoms with Gasteiger partial charge in [0.15, 0.2) is 0 Å². The third kappa shape index (κ3) is 4.87. The summed E-state index contributed by atoms with van der Waals surface area (Å²) in [5.74, 6) is -0.649. The summed E-state index contributed by atoms with van der Waals surface area (Å²) in [5.41, 5.74) is 7.27. The van der Waals surface area contributed by atoms with E-state index < -0.39 is 12.4 Å². The number of amides is 1. The quantitative estimate of drug-likeness (QED) is 0.749. The van der Waals surface area contributed by atoms with E-state index in [0.717, 1.165) is 17.7 Å². The van der Waals surface area contributed by atoms with Crippen LogP contribution in [-0.4, -0.2) is 18.3 Å². The van der Waals surface area contributed by atoms with Crippen LogP contribution in [0, 0.1) is 0 Å². The molecule has 1 amide bonds. The first-order chi connectivity index (χ1) is 12.3. The third-order valence-corrected chi connectivity index (χ3v) is 4.06. The molecule has 1 saturated heterocycles. The predicted molar refractivity (Wildman–Crippen MR) is 90.6 cm³/mol. The first kappa shape index (κ1) is 18.5. The van der Waals surface area contributed by atoms with Crippen LogP contribution in [0.2, 0.25) is 5.02 Å². The molecule has 138 valence electrons. The van der Waals surface area contributed by atoms with E-state index in [9.17, 15) is 18.0 Å². The maximum Gasteiger partial charge on any atom is 0.573 e. The highest BCUT2D eigenvalue weighted by Gasteiger charge is 2.32. The number of ether oxygens (including phenoxy) is 1. The fourth-order valence-electron chi connectivity index (χ4n) is 2.64. The SMILES string of the molecule is O=C(Nc1ccc(OC(F)(F)F)cc1)C1CC(c2cccc(Cl)c2)NN1. The molecule has 3 rings (SSSR count). The second kappa shape index (κ2) is 7.53. The molecule has 3 N–H and O–H groups in total. The molecule has 1 fully saturated rings. The average Bonchev–Trinajstić information content (AvgIpc) is 3.05. The minimum Gasteiger partial charge on any atom is -0.406 e. The van der Waals surface area contributed by atoms with E-state index in [4.69, 9.17) is 11.6 Å². The van der Waals surface area contributed by atoms with Crippen molar-refractivity contribution in [3.8, 4) is 5.75 Å². The maximum absolute atomic E-state index is 12.3. The number of hydrazine groups is 1. The summed E-state index contributed by atoms with van der Waals surface area (Å²) in [6.45, 7) is 0. The second-order valence-corrected chi connectivity index (χ2v) is 6.18. The Kier molecular flexibility index (Phi) is 5.36. The Morgan fingerprint density at radius 2 is 1.88 bits per heavy atom. The molecule has 1 aliphatic rings. The summed E-state index contributed by atoms with van der Waals surface area (Å²) in [7, 11) is 0. The summed E-state index contributed by atoms with van der Waals surface area (Å²) < 4.78 is 40.2. The normalized spacial score (nSPS) is 20.0. The summed E-state index contributed by atoms with van der Waals surface area (Å²) in [6, 6.07) is 11.7. The standard InChI is InChI=1S/C17H15ClF3N3O2/c18-11-3-1-2-10(8-11)14-9-15(24-23-14)16(25)22-12-4-6-13(7-5-12)26-17(19,20)21/h1-8,14-15,23-24H,9H2,(H,22,25). The van der Waals surface area contributed by atoms with Crippen molar-refractivity contribution >= 4 is 23.2 Å². The van der Waals surface area contributed by atoms with Gasteiger partial charge in [-0.2, -0.15) is 0 Å². The van der Waals surface area contributed by atoms with Crippen LogP contribution < -0.4 is 20.9 Å². The molecular weight excluding hydrogens is 371 g/mol. The lowest BCUT2D eigenvalue weighted by atomic mass is 10.0. The number of carbonyl (C=O) groups excluding carboxylic acids is 1. The van der Waals surface area contributed by atoms with Gasteiger partial charge in [-0.3, -0.25) is 4.79 Å². The Labute approximate surface area is 152 Å². The van der Waals surface area contributed by atoms with Crippen LogP contribution in [0.25, 0.3) is 0 Å². The molecule has 5 nitrogen and oxygen atoms in total.